The fourth-order valence-electron chi connectivity index (χ4n) is 3.22. The minimum atomic E-state index is -0.114. The van der Waals surface area contributed by atoms with Crippen molar-refractivity contribution >= 4 is 10.8 Å². The number of rotatable bonds is 6. The molecule has 0 saturated heterocycles. The van der Waals surface area contributed by atoms with Gasteiger partial charge in [-0.25, -0.2) is 4.39 Å². The quantitative estimate of drug-likeness (QED) is 0.431. The summed E-state index contributed by atoms with van der Waals surface area (Å²) in [5, 5.41) is 1.71. The van der Waals surface area contributed by atoms with Gasteiger partial charge in [-0.15, -0.1) is 0 Å². The van der Waals surface area contributed by atoms with E-state index in [0.717, 1.165) is 23.8 Å². The summed E-state index contributed by atoms with van der Waals surface area (Å²) in [5.41, 5.74) is 4.20. The molecule has 0 unspecified atom stereocenters. The van der Waals surface area contributed by atoms with E-state index in [-0.39, 0.29) is 5.82 Å². The lowest BCUT2D eigenvalue weighted by Crippen LogP contribution is -1.90. The summed E-state index contributed by atoms with van der Waals surface area (Å²) in [6, 6.07) is 18.3. The van der Waals surface area contributed by atoms with Crippen molar-refractivity contribution in [2.24, 2.45) is 0 Å². The number of fused-ring (bicyclic) bond motifs is 1. The van der Waals surface area contributed by atoms with Crippen molar-refractivity contribution in [3.05, 3.63) is 71.5 Å². The molecule has 0 bridgehead atoms. The van der Waals surface area contributed by atoms with Crippen molar-refractivity contribution in [3.8, 4) is 11.1 Å². The van der Waals surface area contributed by atoms with E-state index in [9.17, 15) is 4.39 Å². The second kappa shape index (κ2) is 7.61. The van der Waals surface area contributed by atoms with Crippen molar-refractivity contribution in [1.82, 2.24) is 0 Å². The number of benzene rings is 3. The molecule has 0 spiro atoms. The van der Waals surface area contributed by atoms with Crippen molar-refractivity contribution < 1.29 is 4.39 Å². The summed E-state index contributed by atoms with van der Waals surface area (Å²) < 4.78 is 15.0. The van der Waals surface area contributed by atoms with Crippen LogP contribution in [0, 0.1) is 5.82 Å². The smallest absolute Gasteiger partial charge is 0.138 e. The van der Waals surface area contributed by atoms with Crippen LogP contribution in [0.25, 0.3) is 21.9 Å². The van der Waals surface area contributed by atoms with Gasteiger partial charge in [0.2, 0.25) is 0 Å². The van der Waals surface area contributed by atoms with Crippen molar-refractivity contribution in [1.29, 1.82) is 0 Å². The lowest BCUT2D eigenvalue weighted by Gasteiger charge is -2.09. The predicted octanol–water partition coefficient (Wildman–Crippen LogP) is 6.94. The van der Waals surface area contributed by atoms with Crippen LogP contribution in [0.2, 0.25) is 0 Å². The third-order valence-electron chi connectivity index (χ3n) is 4.76. The third-order valence-corrected chi connectivity index (χ3v) is 4.76. The molecule has 0 saturated carbocycles. The standard InChI is InChI=1S/C23H25F/c1-3-5-6-7-18-10-14-22-20(16-18)13-15-21(23(22)24)19-11-8-17(4-2)9-12-19/h8-16H,3-7H2,1-2H3. The Morgan fingerprint density at radius 2 is 1.54 bits per heavy atom. The fourth-order valence-corrected chi connectivity index (χ4v) is 3.22. The highest BCUT2D eigenvalue weighted by atomic mass is 19.1. The van der Waals surface area contributed by atoms with Crippen LogP contribution < -0.4 is 0 Å². The van der Waals surface area contributed by atoms with Crippen LogP contribution in [0.5, 0.6) is 0 Å². The molecule has 0 heterocycles. The zero-order valence-corrected chi connectivity index (χ0v) is 14.6. The van der Waals surface area contributed by atoms with E-state index in [0.29, 0.717) is 10.9 Å². The number of hydrogen-bond donors (Lipinski definition) is 0. The first-order valence-corrected chi connectivity index (χ1v) is 9.03. The van der Waals surface area contributed by atoms with E-state index in [2.05, 4.69) is 38.1 Å². The summed E-state index contributed by atoms with van der Waals surface area (Å²) in [6.07, 6.45) is 5.75. The van der Waals surface area contributed by atoms with Crippen LogP contribution in [0.1, 0.15) is 44.2 Å². The molecule has 0 amide bonds. The van der Waals surface area contributed by atoms with Crippen molar-refractivity contribution in [2.45, 2.75) is 46.0 Å². The second-order valence-corrected chi connectivity index (χ2v) is 6.49. The lowest BCUT2D eigenvalue weighted by atomic mass is 9.97. The zero-order chi connectivity index (χ0) is 16.9. The summed E-state index contributed by atoms with van der Waals surface area (Å²) in [5.74, 6) is -0.114. The molecule has 0 nitrogen and oxygen atoms in total. The molecule has 3 aromatic rings. The molecule has 0 N–H and O–H groups in total. The van der Waals surface area contributed by atoms with Gasteiger partial charge in [-0.2, -0.15) is 0 Å². The van der Waals surface area contributed by atoms with Crippen LogP contribution in [0.4, 0.5) is 4.39 Å². The van der Waals surface area contributed by atoms with Gasteiger partial charge in [0.1, 0.15) is 5.82 Å². The maximum absolute atomic E-state index is 15.0. The molecule has 3 aromatic carbocycles. The maximum Gasteiger partial charge on any atom is 0.138 e. The van der Waals surface area contributed by atoms with Gasteiger partial charge in [0.05, 0.1) is 0 Å². The summed E-state index contributed by atoms with van der Waals surface area (Å²) >= 11 is 0. The van der Waals surface area contributed by atoms with Crippen LogP contribution in [-0.4, -0.2) is 0 Å². The van der Waals surface area contributed by atoms with Gasteiger partial charge in [-0.3, -0.25) is 0 Å². The molecule has 1 heteroatoms. The molecule has 0 aliphatic rings. The molecule has 3 rings (SSSR count). The average Bonchev–Trinajstić information content (AvgIpc) is 2.62. The topological polar surface area (TPSA) is 0 Å². The molecule has 0 aliphatic heterocycles. The number of unbranched alkanes of at least 4 members (excludes halogenated alkanes) is 2. The number of halogens is 1. The molecular weight excluding hydrogens is 295 g/mol. The Morgan fingerprint density at radius 1 is 0.792 bits per heavy atom. The lowest BCUT2D eigenvalue weighted by molar-refractivity contribution is 0.643. The highest BCUT2D eigenvalue weighted by Gasteiger charge is 2.10. The van der Waals surface area contributed by atoms with E-state index in [1.807, 2.05) is 30.3 Å². The average molecular weight is 320 g/mol. The largest absolute Gasteiger partial charge is 0.206 e. The van der Waals surface area contributed by atoms with E-state index in [4.69, 9.17) is 0 Å². The van der Waals surface area contributed by atoms with Crippen LogP contribution in [0.15, 0.2) is 54.6 Å². The van der Waals surface area contributed by atoms with Gasteiger partial charge in [0, 0.05) is 10.9 Å². The SMILES string of the molecule is CCCCCc1ccc2c(F)c(-c3ccc(CC)cc3)ccc2c1. The first-order valence-electron chi connectivity index (χ1n) is 9.03. The molecule has 0 fully saturated rings. The summed E-state index contributed by atoms with van der Waals surface area (Å²) in [6.45, 7) is 4.34. The number of hydrogen-bond acceptors (Lipinski definition) is 0. The minimum Gasteiger partial charge on any atom is -0.206 e. The van der Waals surface area contributed by atoms with Crippen LogP contribution in [-0.2, 0) is 12.8 Å². The van der Waals surface area contributed by atoms with Crippen LogP contribution >= 0.6 is 0 Å². The fraction of sp³-hybridized carbons (Fsp3) is 0.304. The van der Waals surface area contributed by atoms with E-state index < -0.39 is 0 Å². The molecule has 0 radical (unpaired) electrons. The van der Waals surface area contributed by atoms with E-state index >= 15 is 0 Å². The van der Waals surface area contributed by atoms with E-state index in [1.54, 1.807) is 0 Å². The Morgan fingerprint density at radius 3 is 2.25 bits per heavy atom. The maximum atomic E-state index is 15.0. The molecule has 124 valence electrons. The highest BCUT2D eigenvalue weighted by molar-refractivity contribution is 5.88. The molecule has 0 atom stereocenters. The first kappa shape index (κ1) is 16.7. The van der Waals surface area contributed by atoms with Gasteiger partial charge < -0.3 is 0 Å². The van der Waals surface area contributed by atoms with Gasteiger partial charge in [-0.1, -0.05) is 81.3 Å². The Labute approximate surface area is 144 Å². The third kappa shape index (κ3) is 3.51. The van der Waals surface area contributed by atoms with Crippen molar-refractivity contribution in [3.63, 3.8) is 0 Å². The van der Waals surface area contributed by atoms with Gasteiger partial charge in [0.25, 0.3) is 0 Å². The van der Waals surface area contributed by atoms with Gasteiger partial charge in [0.15, 0.2) is 0 Å². The van der Waals surface area contributed by atoms with Crippen molar-refractivity contribution in [2.75, 3.05) is 0 Å². The van der Waals surface area contributed by atoms with E-state index in [1.165, 1.54) is 30.4 Å². The molecule has 24 heavy (non-hydrogen) atoms. The second-order valence-electron chi connectivity index (χ2n) is 6.49. The normalized spacial score (nSPS) is 11.1. The Kier molecular flexibility index (Phi) is 5.30. The van der Waals surface area contributed by atoms with Gasteiger partial charge in [-0.05, 0) is 41.3 Å². The molecular formula is C23H25F. The highest BCUT2D eigenvalue weighted by Crippen LogP contribution is 2.30. The summed E-state index contributed by atoms with van der Waals surface area (Å²) in [4.78, 5) is 0. The minimum absolute atomic E-state index is 0.114. The number of aryl methyl sites for hydroxylation is 2. The zero-order valence-electron chi connectivity index (χ0n) is 14.6. The Hall–Kier alpha value is -2.15. The first-order chi connectivity index (χ1) is 11.7. The van der Waals surface area contributed by atoms with Crippen LogP contribution in [0.3, 0.4) is 0 Å². The molecule has 0 aromatic heterocycles. The van der Waals surface area contributed by atoms with Gasteiger partial charge >= 0.3 is 0 Å². The monoisotopic (exact) mass is 320 g/mol. The Balaban J connectivity index is 1.93. The summed E-state index contributed by atoms with van der Waals surface area (Å²) in [7, 11) is 0. The molecule has 0 aliphatic carbocycles. The predicted molar refractivity (Wildman–Crippen MR) is 102 cm³/mol. The Bertz CT molecular complexity index is 815.